The van der Waals surface area contributed by atoms with Crippen LogP contribution in [-0.4, -0.2) is 70.2 Å². The van der Waals surface area contributed by atoms with Crippen molar-refractivity contribution in [3.8, 4) is 11.5 Å². The fourth-order valence-corrected chi connectivity index (χ4v) is 3.62. The van der Waals surface area contributed by atoms with Crippen molar-refractivity contribution in [3.05, 3.63) is 54.1 Å². The van der Waals surface area contributed by atoms with Gasteiger partial charge in [0.25, 0.3) is 0 Å². The van der Waals surface area contributed by atoms with Crippen molar-refractivity contribution in [3.63, 3.8) is 0 Å². The average Bonchev–Trinajstić information content (AvgIpc) is 2.83. The van der Waals surface area contributed by atoms with Crippen molar-refractivity contribution in [2.45, 2.75) is 6.54 Å². The van der Waals surface area contributed by atoms with Crippen LogP contribution in [0.25, 0.3) is 0 Å². The molecule has 0 aliphatic carbocycles. The fourth-order valence-electron chi connectivity index (χ4n) is 3.62. The van der Waals surface area contributed by atoms with Gasteiger partial charge in [-0.05, 0) is 18.2 Å². The number of para-hydroxylation sites is 3. The molecule has 1 aliphatic heterocycles. The molecule has 1 aliphatic rings. The van der Waals surface area contributed by atoms with E-state index in [9.17, 15) is 9.59 Å². The van der Waals surface area contributed by atoms with Crippen molar-refractivity contribution >= 4 is 17.5 Å². The second-order valence-corrected chi connectivity index (χ2v) is 7.25. The van der Waals surface area contributed by atoms with E-state index in [0.29, 0.717) is 18.8 Å². The van der Waals surface area contributed by atoms with Crippen LogP contribution in [-0.2, 0) is 16.1 Å². The first-order valence-corrected chi connectivity index (χ1v) is 10.4. The molecule has 1 fully saturated rings. The first-order valence-electron chi connectivity index (χ1n) is 10.4. The minimum atomic E-state index is -0.646. The van der Waals surface area contributed by atoms with Crippen LogP contribution in [0.4, 0.5) is 5.69 Å². The van der Waals surface area contributed by atoms with E-state index in [1.807, 2.05) is 42.5 Å². The van der Waals surface area contributed by atoms with Gasteiger partial charge in [-0.25, -0.2) is 0 Å². The molecule has 2 aromatic carbocycles. The van der Waals surface area contributed by atoms with E-state index < -0.39 is 11.8 Å². The van der Waals surface area contributed by atoms with Crippen LogP contribution < -0.4 is 25.0 Å². The lowest BCUT2D eigenvalue weighted by Crippen LogP contribution is -2.49. The van der Waals surface area contributed by atoms with E-state index in [4.69, 9.17) is 9.47 Å². The van der Waals surface area contributed by atoms with E-state index >= 15 is 0 Å². The van der Waals surface area contributed by atoms with Gasteiger partial charge in [-0.2, -0.15) is 0 Å². The standard InChI is InChI=1S/C23H30N4O4/c1-30-20-9-5-3-7-18(20)17-25-23(29)22(28)24-11-12-26-13-15-27(16-14-26)19-8-4-6-10-21(19)31-2/h3-10H,11-17H2,1-2H3,(H,24,28)(H,25,29). The van der Waals surface area contributed by atoms with Gasteiger partial charge in [0.1, 0.15) is 11.5 Å². The third-order valence-corrected chi connectivity index (χ3v) is 5.35. The molecule has 8 nitrogen and oxygen atoms in total. The summed E-state index contributed by atoms with van der Waals surface area (Å²) in [6.07, 6.45) is 0. The molecule has 0 spiro atoms. The predicted molar refractivity (Wildman–Crippen MR) is 119 cm³/mol. The summed E-state index contributed by atoms with van der Waals surface area (Å²) >= 11 is 0. The molecule has 0 bridgehead atoms. The third-order valence-electron chi connectivity index (χ3n) is 5.35. The second kappa shape index (κ2) is 11.2. The van der Waals surface area contributed by atoms with Gasteiger partial charge in [-0.3, -0.25) is 14.5 Å². The molecule has 0 unspecified atom stereocenters. The Labute approximate surface area is 183 Å². The number of ether oxygens (including phenoxy) is 2. The van der Waals surface area contributed by atoms with Crippen LogP contribution >= 0.6 is 0 Å². The highest BCUT2D eigenvalue weighted by Crippen LogP contribution is 2.28. The topological polar surface area (TPSA) is 83.1 Å². The second-order valence-electron chi connectivity index (χ2n) is 7.25. The molecule has 2 N–H and O–H groups in total. The SMILES string of the molecule is COc1ccccc1CNC(=O)C(=O)NCCN1CCN(c2ccccc2OC)CC1. The number of anilines is 1. The van der Waals surface area contributed by atoms with Crippen LogP contribution in [0.15, 0.2) is 48.5 Å². The highest BCUT2D eigenvalue weighted by atomic mass is 16.5. The molecule has 1 saturated heterocycles. The number of hydrogen-bond acceptors (Lipinski definition) is 6. The molecule has 1 heterocycles. The summed E-state index contributed by atoms with van der Waals surface area (Å²) in [7, 11) is 3.26. The minimum Gasteiger partial charge on any atom is -0.496 e. The third kappa shape index (κ3) is 6.11. The van der Waals surface area contributed by atoms with E-state index in [2.05, 4.69) is 26.5 Å². The molecular formula is C23H30N4O4. The molecule has 3 rings (SSSR count). The number of carbonyl (C=O) groups excluding carboxylic acids is 2. The molecule has 8 heteroatoms. The molecule has 2 amide bonds. The molecule has 0 radical (unpaired) electrons. The van der Waals surface area contributed by atoms with Crippen LogP contribution in [0.2, 0.25) is 0 Å². The highest BCUT2D eigenvalue weighted by Gasteiger charge is 2.20. The Bertz CT molecular complexity index is 881. The number of amides is 2. The quantitative estimate of drug-likeness (QED) is 0.619. The Balaban J connectivity index is 1.36. The Morgan fingerprint density at radius 2 is 1.45 bits per heavy atom. The summed E-state index contributed by atoms with van der Waals surface area (Å²) in [5.41, 5.74) is 1.92. The van der Waals surface area contributed by atoms with Crippen molar-refractivity contribution < 1.29 is 19.1 Å². The van der Waals surface area contributed by atoms with E-state index in [0.717, 1.165) is 43.2 Å². The normalized spacial score (nSPS) is 14.1. The van der Waals surface area contributed by atoms with Crippen LogP contribution in [0.3, 0.4) is 0 Å². The zero-order valence-corrected chi connectivity index (χ0v) is 18.1. The van der Waals surface area contributed by atoms with Gasteiger partial charge in [0.05, 0.1) is 19.9 Å². The lowest BCUT2D eigenvalue weighted by atomic mass is 10.2. The summed E-state index contributed by atoms with van der Waals surface area (Å²) < 4.78 is 10.7. The molecule has 31 heavy (non-hydrogen) atoms. The zero-order chi connectivity index (χ0) is 22.1. The molecule has 2 aromatic rings. The first-order chi connectivity index (χ1) is 15.1. The number of nitrogens with zero attached hydrogens (tertiary/aromatic N) is 2. The summed E-state index contributed by atoms with van der Waals surface area (Å²) in [6.45, 7) is 4.89. The average molecular weight is 427 g/mol. The van der Waals surface area contributed by atoms with Crippen LogP contribution in [0.1, 0.15) is 5.56 Å². The predicted octanol–water partition coefficient (Wildman–Crippen LogP) is 1.26. The Morgan fingerprint density at radius 3 is 2.16 bits per heavy atom. The summed E-state index contributed by atoms with van der Waals surface area (Å²) in [6, 6.07) is 15.4. The van der Waals surface area contributed by atoms with E-state index in [-0.39, 0.29) is 6.54 Å². The summed E-state index contributed by atoms with van der Waals surface area (Å²) in [4.78, 5) is 28.7. The Hall–Kier alpha value is -3.26. The Morgan fingerprint density at radius 1 is 0.839 bits per heavy atom. The first kappa shape index (κ1) is 22.4. The number of benzene rings is 2. The maximum Gasteiger partial charge on any atom is 0.309 e. The Kier molecular flexibility index (Phi) is 8.12. The van der Waals surface area contributed by atoms with Gasteiger partial charge in [-0.1, -0.05) is 30.3 Å². The molecule has 0 aromatic heterocycles. The maximum atomic E-state index is 12.1. The van der Waals surface area contributed by atoms with Crippen LogP contribution in [0, 0.1) is 0 Å². The molecule has 0 saturated carbocycles. The van der Waals surface area contributed by atoms with Crippen LogP contribution in [0.5, 0.6) is 11.5 Å². The van der Waals surface area contributed by atoms with Crippen molar-refractivity contribution in [1.82, 2.24) is 15.5 Å². The van der Waals surface area contributed by atoms with Gasteiger partial charge in [-0.15, -0.1) is 0 Å². The number of methoxy groups -OCH3 is 2. The van der Waals surface area contributed by atoms with Gasteiger partial charge in [0.2, 0.25) is 0 Å². The largest absolute Gasteiger partial charge is 0.496 e. The van der Waals surface area contributed by atoms with E-state index in [1.165, 1.54) is 0 Å². The molecule has 0 atom stereocenters. The lowest BCUT2D eigenvalue weighted by molar-refractivity contribution is -0.139. The monoisotopic (exact) mass is 426 g/mol. The van der Waals surface area contributed by atoms with Gasteiger partial charge in [0, 0.05) is 51.4 Å². The zero-order valence-electron chi connectivity index (χ0n) is 18.1. The number of carbonyl (C=O) groups is 2. The number of rotatable bonds is 8. The maximum absolute atomic E-state index is 12.1. The summed E-state index contributed by atoms with van der Waals surface area (Å²) in [5, 5.41) is 5.33. The van der Waals surface area contributed by atoms with Gasteiger partial charge >= 0.3 is 11.8 Å². The molecule has 166 valence electrons. The minimum absolute atomic E-state index is 0.237. The van der Waals surface area contributed by atoms with Crippen molar-refractivity contribution in [2.75, 3.05) is 58.4 Å². The number of hydrogen-bond donors (Lipinski definition) is 2. The summed E-state index contributed by atoms with van der Waals surface area (Å²) in [5.74, 6) is 0.285. The fraction of sp³-hybridized carbons (Fsp3) is 0.391. The molecular weight excluding hydrogens is 396 g/mol. The van der Waals surface area contributed by atoms with Gasteiger partial charge < -0.3 is 25.0 Å². The van der Waals surface area contributed by atoms with Gasteiger partial charge in [0.15, 0.2) is 0 Å². The van der Waals surface area contributed by atoms with Crippen molar-refractivity contribution in [2.24, 2.45) is 0 Å². The van der Waals surface area contributed by atoms with E-state index in [1.54, 1.807) is 14.2 Å². The smallest absolute Gasteiger partial charge is 0.309 e. The highest BCUT2D eigenvalue weighted by molar-refractivity contribution is 6.35. The number of nitrogens with one attached hydrogen (secondary N) is 2. The number of piperazine rings is 1. The van der Waals surface area contributed by atoms with Crippen molar-refractivity contribution in [1.29, 1.82) is 0 Å². The lowest BCUT2D eigenvalue weighted by Gasteiger charge is -2.36.